The monoisotopic (exact) mass is 246 g/mol. The number of aromatic amines is 1. The first-order valence-corrected chi connectivity index (χ1v) is 5.95. The van der Waals surface area contributed by atoms with Crippen molar-refractivity contribution in [3.05, 3.63) is 12.4 Å². The normalized spacial score (nSPS) is 11.8. The van der Waals surface area contributed by atoms with Crippen LogP contribution in [0.2, 0.25) is 0 Å². The van der Waals surface area contributed by atoms with Crippen molar-refractivity contribution in [2.24, 2.45) is 0 Å². The van der Waals surface area contributed by atoms with E-state index in [1.165, 1.54) is 24.3 Å². The van der Waals surface area contributed by atoms with Crippen LogP contribution in [0.1, 0.15) is 0 Å². The molecule has 0 aromatic carbocycles. The minimum atomic E-state index is -3.63. The molecule has 1 aromatic rings. The highest BCUT2D eigenvalue weighted by atomic mass is 32.2. The Morgan fingerprint density at radius 3 is 2.50 bits per heavy atom. The molecular weight excluding hydrogens is 232 g/mol. The standard InChI is InChI=1S/C8H14N4O3S/c1-11(2)8(13)6-12(3)16(14,15)7-4-9-10-5-7/h4-5H,6H2,1-3H3,(H,9,10). The Morgan fingerprint density at radius 2 is 2.06 bits per heavy atom. The molecule has 0 aliphatic rings. The van der Waals surface area contributed by atoms with Gasteiger partial charge in [0.1, 0.15) is 4.90 Å². The maximum Gasteiger partial charge on any atom is 0.246 e. The van der Waals surface area contributed by atoms with Gasteiger partial charge in [-0.25, -0.2) is 8.42 Å². The van der Waals surface area contributed by atoms with E-state index in [9.17, 15) is 13.2 Å². The average Bonchev–Trinajstić information content (AvgIpc) is 2.70. The lowest BCUT2D eigenvalue weighted by Crippen LogP contribution is -2.37. The summed E-state index contributed by atoms with van der Waals surface area (Å²) in [6.45, 7) is -0.194. The van der Waals surface area contributed by atoms with Crippen molar-refractivity contribution in [3.63, 3.8) is 0 Å². The first-order valence-electron chi connectivity index (χ1n) is 4.51. The van der Waals surface area contributed by atoms with Gasteiger partial charge in [-0.2, -0.15) is 9.40 Å². The zero-order chi connectivity index (χ0) is 12.3. The van der Waals surface area contributed by atoms with Gasteiger partial charge in [-0.05, 0) is 0 Å². The average molecular weight is 246 g/mol. The summed E-state index contributed by atoms with van der Waals surface area (Å²) < 4.78 is 24.7. The van der Waals surface area contributed by atoms with Crippen LogP contribution in [0.25, 0.3) is 0 Å². The molecule has 0 saturated heterocycles. The van der Waals surface area contributed by atoms with Crippen LogP contribution in [0.15, 0.2) is 17.3 Å². The third kappa shape index (κ3) is 2.58. The van der Waals surface area contributed by atoms with Crippen molar-refractivity contribution in [2.75, 3.05) is 27.7 Å². The zero-order valence-electron chi connectivity index (χ0n) is 9.34. The molecule has 1 amide bonds. The molecule has 0 atom stereocenters. The molecule has 90 valence electrons. The summed E-state index contributed by atoms with van der Waals surface area (Å²) >= 11 is 0. The third-order valence-corrected chi connectivity index (χ3v) is 3.81. The Labute approximate surface area is 94.1 Å². The molecule has 0 aliphatic carbocycles. The van der Waals surface area contributed by atoms with Crippen LogP contribution in [0.4, 0.5) is 0 Å². The van der Waals surface area contributed by atoms with Gasteiger partial charge >= 0.3 is 0 Å². The molecule has 1 aromatic heterocycles. The number of rotatable bonds is 4. The van der Waals surface area contributed by atoms with Gasteiger partial charge < -0.3 is 4.90 Å². The molecule has 1 rings (SSSR count). The van der Waals surface area contributed by atoms with E-state index in [1.54, 1.807) is 14.1 Å². The van der Waals surface area contributed by atoms with Gasteiger partial charge in [-0.15, -0.1) is 0 Å². The Morgan fingerprint density at radius 1 is 1.44 bits per heavy atom. The number of amides is 1. The fourth-order valence-electron chi connectivity index (χ4n) is 0.977. The van der Waals surface area contributed by atoms with Gasteiger partial charge in [0.15, 0.2) is 0 Å². The third-order valence-electron chi connectivity index (χ3n) is 2.04. The van der Waals surface area contributed by atoms with Gasteiger partial charge in [-0.3, -0.25) is 9.89 Å². The molecular formula is C8H14N4O3S. The van der Waals surface area contributed by atoms with Gasteiger partial charge in [0, 0.05) is 27.3 Å². The Hall–Kier alpha value is -1.41. The summed E-state index contributed by atoms with van der Waals surface area (Å²) in [5.41, 5.74) is 0. The number of hydrogen-bond donors (Lipinski definition) is 1. The minimum absolute atomic E-state index is 0.0431. The molecule has 0 aliphatic heterocycles. The maximum atomic E-state index is 11.8. The fraction of sp³-hybridized carbons (Fsp3) is 0.500. The predicted molar refractivity (Wildman–Crippen MR) is 57.1 cm³/mol. The number of likely N-dealkylation sites (N-methyl/N-ethyl adjacent to an activating group) is 2. The van der Waals surface area contributed by atoms with Gasteiger partial charge in [0.2, 0.25) is 15.9 Å². The molecule has 1 heterocycles. The van der Waals surface area contributed by atoms with Crippen molar-refractivity contribution in [1.82, 2.24) is 19.4 Å². The zero-order valence-corrected chi connectivity index (χ0v) is 10.2. The minimum Gasteiger partial charge on any atom is -0.348 e. The number of aromatic nitrogens is 2. The van der Waals surface area contributed by atoms with Crippen molar-refractivity contribution < 1.29 is 13.2 Å². The number of carbonyl (C=O) groups excluding carboxylic acids is 1. The molecule has 0 unspecified atom stereocenters. The molecule has 0 fully saturated rings. The summed E-state index contributed by atoms with van der Waals surface area (Å²) in [6.07, 6.45) is 2.47. The smallest absolute Gasteiger partial charge is 0.246 e. The number of sulfonamides is 1. The molecule has 1 N–H and O–H groups in total. The topological polar surface area (TPSA) is 86.4 Å². The van der Waals surface area contributed by atoms with E-state index in [4.69, 9.17) is 0 Å². The summed E-state index contributed by atoms with van der Waals surface area (Å²) in [6, 6.07) is 0. The highest BCUT2D eigenvalue weighted by Crippen LogP contribution is 2.11. The summed E-state index contributed by atoms with van der Waals surface area (Å²) in [7, 11) is 0.859. The van der Waals surface area contributed by atoms with Crippen molar-refractivity contribution in [1.29, 1.82) is 0 Å². The Kier molecular flexibility index (Phi) is 3.66. The van der Waals surface area contributed by atoms with E-state index >= 15 is 0 Å². The fourth-order valence-corrected chi connectivity index (χ4v) is 2.00. The van der Waals surface area contributed by atoms with E-state index in [1.807, 2.05) is 0 Å². The Bertz CT molecular complexity index is 452. The second-order valence-electron chi connectivity index (χ2n) is 3.48. The molecule has 0 saturated carbocycles. The molecule has 16 heavy (non-hydrogen) atoms. The highest BCUT2D eigenvalue weighted by Gasteiger charge is 2.24. The quantitative estimate of drug-likeness (QED) is 0.747. The second kappa shape index (κ2) is 4.62. The number of H-pyrrole nitrogens is 1. The first kappa shape index (κ1) is 12.7. The van der Waals surface area contributed by atoms with E-state index in [-0.39, 0.29) is 17.3 Å². The second-order valence-corrected chi connectivity index (χ2v) is 5.53. The maximum absolute atomic E-state index is 11.8. The van der Waals surface area contributed by atoms with E-state index in [0.717, 1.165) is 4.31 Å². The highest BCUT2D eigenvalue weighted by molar-refractivity contribution is 7.89. The number of nitrogens with one attached hydrogen (secondary N) is 1. The number of nitrogens with zero attached hydrogens (tertiary/aromatic N) is 3. The lowest BCUT2D eigenvalue weighted by molar-refractivity contribution is -0.128. The van der Waals surface area contributed by atoms with Gasteiger partial charge in [0.05, 0.1) is 12.7 Å². The van der Waals surface area contributed by atoms with Gasteiger partial charge in [-0.1, -0.05) is 0 Å². The molecule has 0 spiro atoms. The van der Waals surface area contributed by atoms with E-state index < -0.39 is 10.0 Å². The van der Waals surface area contributed by atoms with E-state index in [0.29, 0.717) is 0 Å². The van der Waals surface area contributed by atoms with Crippen LogP contribution >= 0.6 is 0 Å². The predicted octanol–water partition coefficient (Wildman–Crippen LogP) is -0.882. The van der Waals surface area contributed by atoms with Gasteiger partial charge in [0.25, 0.3) is 0 Å². The van der Waals surface area contributed by atoms with Crippen LogP contribution in [0, 0.1) is 0 Å². The first-order chi connectivity index (χ1) is 7.35. The van der Waals surface area contributed by atoms with Crippen molar-refractivity contribution >= 4 is 15.9 Å². The lowest BCUT2D eigenvalue weighted by Gasteiger charge is -2.18. The van der Waals surface area contributed by atoms with Crippen LogP contribution in [0.5, 0.6) is 0 Å². The summed E-state index contributed by atoms with van der Waals surface area (Å²) in [4.78, 5) is 12.7. The van der Waals surface area contributed by atoms with Crippen molar-refractivity contribution in [3.8, 4) is 0 Å². The van der Waals surface area contributed by atoms with Crippen molar-refractivity contribution in [2.45, 2.75) is 4.90 Å². The molecule has 7 nitrogen and oxygen atoms in total. The van der Waals surface area contributed by atoms with Crippen LogP contribution < -0.4 is 0 Å². The van der Waals surface area contributed by atoms with Crippen LogP contribution in [-0.4, -0.2) is 61.4 Å². The summed E-state index contributed by atoms with van der Waals surface area (Å²) in [5, 5.41) is 5.97. The molecule has 0 bridgehead atoms. The molecule has 8 heteroatoms. The summed E-state index contributed by atoms with van der Waals surface area (Å²) in [5.74, 6) is -0.283. The number of hydrogen-bond acceptors (Lipinski definition) is 4. The Balaban J connectivity index is 2.82. The van der Waals surface area contributed by atoms with E-state index in [2.05, 4.69) is 10.2 Å². The molecule has 0 radical (unpaired) electrons. The SMILES string of the molecule is CN(C)C(=O)CN(C)S(=O)(=O)c1cn[nH]c1. The number of carbonyl (C=O) groups is 1. The van der Waals surface area contributed by atoms with Crippen LogP contribution in [-0.2, 0) is 14.8 Å². The largest absolute Gasteiger partial charge is 0.348 e. The van der Waals surface area contributed by atoms with Crippen LogP contribution in [0.3, 0.4) is 0 Å². The lowest BCUT2D eigenvalue weighted by atomic mass is 10.5.